The van der Waals surface area contributed by atoms with Gasteiger partial charge in [0.15, 0.2) is 0 Å². The fourth-order valence-corrected chi connectivity index (χ4v) is 1.40. The van der Waals surface area contributed by atoms with Gasteiger partial charge in [-0.15, -0.1) is 0 Å². The van der Waals surface area contributed by atoms with Crippen LogP contribution >= 0.6 is 0 Å². The molecule has 0 heterocycles. The van der Waals surface area contributed by atoms with Crippen LogP contribution in [0, 0.1) is 5.92 Å². The Morgan fingerprint density at radius 3 is 2.74 bits per heavy atom. The van der Waals surface area contributed by atoms with Gasteiger partial charge in [-0.05, 0) is 19.1 Å². The molecule has 3 N–H and O–H groups in total. The Balaban J connectivity index is 2.59. The van der Waals surface area contributed by atoms with E-state index < -0.39 is 0 Å². The van der Waals surface area contributed by atoms with E-state index in [1.807, 2.05) is 25.1 Å². The minimum atomic E-state index is -0.238. The van der Waals surface area contributed by atoms with Gasteiger partial charge in [-0.2, -0.15) is 0 Å². The second-order valence-corrected chi connectivity index (χ2v) is 4.51. The second kappa shape index (κ2) is 7.76. The number of carbonyl (C=O) groups is 1. The van der Waals surface area contributed by atoms with Crippen LogP contribution in [0.5, 0.6) is 5.75 Å². The van der Waals surface area contributed by atoms with Crippen LogP contribution < -0.4 is 15.8 Å². The summed E-state index contributed by atoms with van der Waals surface area (Å²) in [5.41, 5.74) is 6.40. The lowest BCUT2D eigenvalue weighted by atomic mass is 10.0. The first-order valence-corrected chi connectivity index (χ1v) is 6.33. The first-order valence-electron chi connectivity index (χ1n) is 6.33. The highest BCUT2D eigenvalue weighted by Gasteiger charge is 2.17. The number of methoxy groups -OCH3 is 1. The van der Waals surface area contributed by atoms with Crippen molar-refractivity contribution in [2.75, 3.05) is 25.6 Å². The number of ether oxygens (including phenoxy) is 2. The van der Waals surface area contributed by atoms with Crippen LogP contribution in [0.1, 0.15) is 13.8 Å². The molecular formula is C14H22N2O3. The summed E-state index contributed by atoms with van der Waals surface area (Å²) in [5, 5.41) is 2.82. The van der Waals surface area contributed by atoms with E-state index >= 15 is 0 Å². The Morgan fingerprint density at radius 1 is 1.37 bits per heavy atom. The van der Waals surface area contributed by atoms with Crippen molar-refractivity contribution in [3.05, 3.63) is 24.3 Å². The maximum atomic E-state index is 11.9. The van der Waals surface area contributed by atoms with E-state index in [4.69, 9.17) is 15.2 Å². The van der Waals surface area contributed by atoms with Crippen molar-refractivity contribution in [1.82, 2.24) is 0 Å². The summed E-state index contributed by atoms with van der Waals surface area (Å²) in [4.78, 5) is 11.9. The highest BCUT2D eigenvalue weighted by atomic mass is 16.5. The number of carbonyl (C=O) groups excluding carboxylic acids is 1. The van der Waals surface area contributed by atoms with E-state index in [0.717, 1.165) is 0 Å². The highest BCUT2D eigenvalue weighted by Crippen LogP contribution is 2.18. The molecule has 1 amide bonds. The summed E-state index contributed by atoms with van der Waals surface area (Å²) in [7, 11) is 1.62. The maximum absolute atomic E-state index is 11.9. The quantitative estimate of drug-likeness (QED) is 0.736. The van der Waals surface area contributed by atoms with Crippen molar-refractivity contribution < 1.29 is 14.3 Å². The number of amides is 1. The number of nitrogens with two attached hydrogens (primary N) is 1. The van der Waals surface area contributed by atoms with Gasteiger partial charge in [-0.3, -0.25) is 4.79 Å². The van der Waals surface area contributed by atoms with Gasteiger partial charge in [0.2, 0.25) is 5.91 Å². The normalized spacial score (nSPS) is 13.7. The smallest absolute Gasteiger partial charge is 0.228 e. The van der Waals surface area contributed by atoms with Crippen LogP contribution in [-0.4, -0.2) is 32.3 Å². The maximum Gasteiger partial charge on any atom is 0.228 e. The molecule has 0 fully saturated rings. The molecule has 0 saturated heterocycles. The molecule has 5 nitrogen and oxygen atoms in total. The summed E-state index contributed by atoms with van der Waals surface area (Å²) in [6.07, 6.45) is 0. The molecule has 0 aliphatic carbocycles. The zero-order chi connectivity index (χ0) is 14.3. The Hall–Kier alpha value is -1.59. The average molecular weight is 266 g/mol. The van der Waals surface area contributed by atoms with Crippen molar-refractivity contribution in [1.29, 1.82) is 0 Å². The number of rotatable bonds is 7. The number of nitrogens with one attached hydrogen (secondary N) is 1. The van der Waals surface area contributed by atoms with E-state index in [1.54, 1.807) is 20.1 Å². The van der Waals surface area contributed by atoms with Crippen molar-refractivity contribution in [3.8, 4) is 5.75 Å². The zero-order valence-corrected chi connectivity index (χ0v) is 11.7. The molecule has 5 heteroatoms. The SMILES string of the molecule is COCCOc1cccc(NC(=O)C(C)C(C)N)c1. The third-order valence-corrected chi connectivity index (χ3v) is 2.86. The minimum Gasteiger partial charge on any atom is -0.491 e. The average Bonchev–Trinajstić information content (AvgIpc) is 2.38. The molecule has 0 aliphatic heterocycles. The van der Waals surface area contributed by atoms with Gasteiger partial charge in [-0.1, -0.05) is 13.0 Å². The van der Waals surface area contributed by atoms with Crippen LogP contribution in [-0.2, 0) is 9.53 Å². The van der Waals surface area contributed by atoms with Crippen molar-refractivity contribution in [2.45, 2.75) is 19.9 Å². The summed E-state index contributed by atoms with van der Waals surface area (Å²) in [5.74, 6) is 0.366. The third kappa shape index (κ3) is 5.28. The monoisotopic (exact) mass is 266 g/mol. The Labute approximate surface area is 114 Å². The molecule has 2 atom stereocenters. The second-order valence-electron chi connectivity index (χ2n) is 4.51. The van der Waals surface area contributed by atoms with E-state index in [1.165, 1.54) is 0 Å². The van der Waals surface area contributed by atoms with Gasteiger partial charge in [0.25, 0.3) is 0 Å². The van der Waals surface area contributed by atoms with Gasteiger partial charge in [0.05, 0.1) is 12.5 Å². The Bertz CT molecular complexity index is 407. The lowest BCUT2D eigenvalue weighted by molar-refractivity contribution is -0.119. The van der Waals surface area contributed by atoms with Gasteiger partial charge >= 0.3 is 0 Å². The van der Waals surface area contributed by atoms with E-state index in [0.29, 0.717) is 24.7 Å². The topological polar surface area (TPSA) is 73.6 Å². The zero-order valence-electron chi connectivity index (χ0n) is 11.7. The van der Waals surface area contributed by atoms with E-state index in [9.17, 15) is 4.79 Å². The summed E-state index contributed by atoms with van der Waals surface area (Å²) in [6.45, 7) is 4.62. The molecule has 1 aromatic rings. The first-order chi connectivity index (χ1) is 9.04. The predicted molar refractivity (Wildman–Crippen MR) is 75.3 cm³/mol. The Morgan fingerprint density at radius 2 is 2.11 bits per heavy atom. The van der Waals surface area contributed by atoms with Crippen LogP contribution in [0.3, 0.4) is 0 Å². The molecule has 2 unspecified atom stereocenters. The molecular weight excluding hydrogens is 244 g/mol. The molecule has 19 heavy (non-hydrogen) atoms. The molecule has 0 saturated carbocycles. The standard InChI is InChI=1S/C14H22N2O3/c1-10(11(2)15)14(17)16-12-5-4-6-13(9-12)19-8-7-18-3/h4-6,9-11H,7-8,15H2,1-3H3,(H,16,17). The predicted octanol–water partition coefficient (Wildman–Crippen LogP) is 1.63. The van der Waals surface area contributed by atoms with Crippen LogP contribution in [0.4, 0.5) is 5.69 Å². The van der Waals surface area contributed by atoms with Gasteiger partial charge in [0, 0.05) is 24.9 Å². The first kappa shape index (κ1) is 15.5. The fourth-order valence-electron chi connectivity index (χ4n) is 1.40. The summed E-state index contributed by atoms with van der Waals surface area (Å²) >= 11 is 0. The van der Waals surface area contributed by atoms with Gasteiger partial charge in [0.1, 0.15) is 12.4 Å². The van der Waals surface area contributed by atoms with Gasteiger partial charge < -0.3 is 20.5 Å². The van der Waals surface area contributed by atoms with Crippen LogP contribution in [0.25, 0.3) is 0 Å². The fraction of sp³-hybridized carbons (Fsp3) is 0.500. The minimum absolute atomic E-state index is 0.0935. The number of anilines is 1. The van der Waals surface area contributed by atoms with Crippen molar-refractivity contribution in [2.24, 2.45) is 11.7 Å². The van der Waals surface area contributed by atoms with E-state index in [2.05, 4.69) is 5.32 Å². The number of hydrogen-bond donors (Lipinski definition) is 2. The molecule has 106 valence electrons. The van der Waals surface area contributed by atoms with Crippen molar-refractivity contribution in [3.63, 3.8) is 0 Å². The summed E-state index contributed by atoms with van der Waals surface area (Å²) in [6, 6.07) is 7.08. The molecule has 0 radical (unpaired) electrons. The number of benzene rings is 1. The third-order valence-electron chi connectivity index (χ3n) is 2.86. The lowest BCUT2D eigenvalue weighted by Gasteiger charge is -2.15. The van der Waals surface area contributed by atoms with Crippen molar-refractivity contribution >= 4 is 11.6 Å². The Kier molecular flexibility index (Phi) is 6.32. The van der Waals surface area contributed by atoms with Crippen LogP contribution in [0.15, 0.2) is 24.3 Å². The molecule has 0 aliphatic rings. The largest absolute Gasteiger partial charge is 0.491 e. The van der Waals surface area contributed by atoms with E-state index in [-0.39, 0.29) is 17.9 Å². The molecule has 0 bridgehead atoms. The van der Waals surface area contributed by atoms with Crippen LogP contribution in [0.2, 0.25) is 0 Å². The number of hydrogen-bond acceptors (Lipinski definition) is 4. The van der Waals surface area contributed by atoms with Gasteiger partial charge in [-0.25, -0.2) is 0 Å². The molecule has 0 spiro atoms. The molecule has 1 rings (SSSR count). The highest BCUT2D eigenvalue weighted by molar-refractivity contribution is 5.92. The summed E-state index contributed by atoms with van der Waals surface area (Å²) < 4.78 is 10.4. The lowest BCUT2D eigenvalue weighted by Crippen LogP contribution is -2.34. The molecule has 0 aromatic heterocycles. The molecule has 1 aromatic carbocycles.